The number of nitrogens with zero attached hydrogens (tertiary/aromatic N) is 1. The van der Waals surface area contributed by atoms with Crippen LogP contribution in [0.2, 0.25) is 0 Å². The number of ether oxygens (including phenoxy) is 1. The third-order valence-electron chi connectivity index (χ3n) is 2.03. The lowest BCUT2D eigenvalue weighted by Crippen LogP contribution is -2.30. The van der Waals surface area contributed by atoms with Crippen LogP contribution >= 0.6 is 27.3 Å². The molecular weight excluding hydrogens is 282 g/mol. The molecule has 80 valence electrons. The largest absolute Gasteiger partial charge is 0.448 e. The van der Waals surface area contributed by atoms with Gasteiger partial charge in [0.15, 0.2) is 5.78 Å². The Kier molecular flexibility index (Phi) is 3.06. The molecule has 0 atom stereocenters. The lowest BCUT2D eigenvalue weighted by molar-refractivity contribution is 0.0947. The highest BCUT2D eigenvalue weighted by atomic mass is 79.9. The molecule has 2 rings (SSSR count). The molecule has 0 N–H and O–H groups in total. The van der Waals surface area contributed by atoms with Gasteiger partial charge in [-0.15, -0.1) is 11.3 Å². The lowest BCUT2D eigenvalue weighted by atomic mass is 10.3. The van der Waals surface area contributed by atoms with Crippen LogP contribution in [0, 0.1) is 0 Å². The van der Waals surface area contributed by atoms with Gasteiger partial charge in [0.05, 0.1) is 21.8 Å². The molecule has 0 bridgehead atoms. The summed E-state index contributed by atoms with van der Waals surface area (Å²) < 4.78 is 5.65. The van der Waals surface area contributed by atoms with E-state index in [9.17, 15) is 9.59 Å². The van der Waals surface area contributed by atoms with E-state index in [1.54, 1.807) is 6.07 Å². The number of carbonyl (C=O) groups is 2. The van der Waals surface area contributed by atoms with Gasteiger partial charge in [-0.05, 0) is 28.1 Å². The first kappa shape index (κ1) is 10.6. The van der Waals surface area contributed by atoms with Crippen LogP contribution in [-0.4, -0.2) is 36.5 Å². The van der Waals surface area contributed by atoms with Gasteiger partial charge < -0.3 is 4.74 Å². The topological polar surface area (TPSA) is 46.6 Å². The van der Waals surface area contributed by atoms with Crippen molar-refractivity contribution in [1.29, 1.82) is 0 Å². The van der Waals surface area contributed by atoms with Crippen molar-refractivity contribution in [2.24, 2.45) is 0 Å². The third kappa shape index (κ3) is 2.38. The van der Waals surface area contributed by atoms with Crippen LogP contribution in [0.3, 0.4) is 0 Å². The van der Waals surface area contributed by atoms with E-state index in [4.69, 9.17) is 4.74 Å². The Morgan fingerprint density at radius 3 is 2.93 bits per heavy atom. The number of rotatable bonds is 3. The molecule has 6 heteroatoms. The van der Waals surface area contributed by atoms with Gasteiger partial charge in [-0.25, -0.2) is 4.79 Å². The number of Topliss-reactive ketones (excluding diaryl/α,β-unsaturated/α-hetero) is 1. The maximum Gasteiger partial charge on any atom is 0.410 e. The van der Waals surface area contributed by atoms with Crippen LogP contribution in [0.25, 0.3) is 0 Å². The molecule has 0 aromatic carbocycles. The molecule has 1 amide bonds. The van der Waals surface area contributed by atoms with Crippen LogP contribution in [0.5, 0.6) is 0 Å². The van der Waals surface area contributed by atoms with Crippen LogP contribution in [0.1, 0.15) is 9.67 Å². The second-order valence-electron chi connectivity index (χ2n) is 3.06. The van der Waals surface area contributed by atoms with Crippen LogP contribution < -0.4 is 0 Å². The number of halogens is 1. The molecule has 1 saturated heterocycles. The SMILES string of the molecule is O=C(CN1CCOC1=O)c1ccc(Br)s1. The molecule has 0 spiro atoms. The predicted molar refractivity (Wildman–Crippen MR) is 59.3 cm³/mol. The summed E-state index contributed by atoms with van der Waals surface area (Å²) in [6, 6.07) is 3.57. The van der Waals surface area contributed by atoms with Crippen molar-refractivity contribution in [3.8, 4) is 0 Å². The number of carbonyl (C=O) groups excluding carboxylic acids is 2. The van der Waals surface area contributed by atoms with Crippen molar-refractivity contribution in [3.05, 3.63) is 20.8 Å². The minimum Gasteiger partial charge on any atom is -0.448 e. The van der Waals surface area contributed by atoms with Gasteiger partial charge in [-0.1, -0.05) is 0 Å². The molecular formula is C9H8BrNO3S. The number of hydrogen-bond acceptors (Lipinski definition) is 4. The van der Waals surface area contributed by atoms with E-state index in [2.05, 4.69) is 15.9 Å². The molecule has 1 aromatic rings. The van der Waals surface area contributed by atoms with Crippen molar-refractivity contribution < 1.29 is 14.3 Å². The number of hydrogen-bond donors (Lipinski definition) is 0. The van der Waals surface area contributed by atoms with Crippen LogP contribution in [-0.2, 0) is 4.74 Å². The Balaban J connectivity index is 2.00. The monoisotopic (exact) mass is 289 g/mol. The minimum atomic E-state index is -0.404. The minimum absolute atomic E-state index is 0.0513. The fourth-order valence-electron chi connectivity index (χ4n) is 1.28. The summed E-state index contributed by atoms with van der Waals surface area (Å²) >= 11 is 4.65. The predicted octanol–water partition coefficient (Wildman–Crippen LogP) is 2.15. The van der Waals surface area contributed by atoms with Crippen molar-refractivity contribution in [2.75, 3.05) is 19.7 Å². The third-order valence-corrected chi connectivity index (χ3v) is 3.69. The maximum atomic E-state index is 11.7. The number of amides is 1. The fraction of sp³-hybridized carbons (Fsp3) is 0.333. The van der Waals surface area contributed by atoms with E-state index >= 15 is 0 Å². The van der Waals surface area contributed by atoms with Crippen LogP contribution in [0.4, 0.5) is 4.79 Å². The molecule has 1 aliphatic rings. The highest BCUT2D eigenvalue weighted by Crippen LogP contribution is 2.22. The molecule has 4 nitrogen and oxygen atoms in total. The van der Waals surface area contributed by atoms with Crippen molar-refractivity contribution in [2.45, 2.75) is 0 Å². The summed E-state index contributed by atoms with van der Waals surface area (Å²) in [6.07, 6.45) is -0.404. The summed E-state index contributed by atoms with van der Waals surface area (Å²) in [7, 11) is 0. The molecule has 2 heterocycles. The van der Waals surface area contributed by atoms with Gasteiger partial charge in [0.25, 0.3) is 0 Å². The molecule has 0 saturated carbocycles. The first-order valence-corrected chi connectivity index (χ1v) is 5.98. The average molecular weight is 290 g/mol. The van der Waals surface area contributed by atoms with E-state index in [0.29, 0.717) is 18.0 Å². The Hall–Kier alpha value is -0.880. The van der Waals surface area contributed by atoms with Crippen molar-refractivity contribution in [1.82, 2.24) is 4.90 Å². The fourth-order valence-corrected chi connectivity index (χ4v) is 2.60. The Labute approximate surface area is 99.0 Å². The molecule has 1 aliphatic heterocycles. The normalized spacial score (nSPS) is 15.5. The van der Waals surface area contributed by atoms with E-state index in [1.165, 1.54) is 16.2 Å². The highest BCUT2D eigenvalue weighted by Gasteiger charge is 2.24. The average Bonchev–Trinajstić information content (AvgIpc) is 2.77. The summed E-state index contributed by atoms with van der Waals surface area (Å²) in [5.41, 5.74) is 0. The Bertz CT molecular complexity index is 404. The summed E-state index contributed by atoms with van der Waals surface area (Å²) in [4.78, 5) is 24.9. The molecule has 15 heavy (non-hydrogen) atoms. The van der Waals surface area contributed by atoms with E-state index in [1.807, 2.05) is 6.07 Å². The van der Waals surface area contributed by atoms with Gasteiger partial charge in [-0.3, -0.25) is 9.69 Å². The molecule has 1 fully saturated rings. The van der Waals surface area contributed by atoms with Crippen molar-refractivity contribution >= 4 is 39.1 Å². The molecule has 1 aromatic heterocycles. The van der Waals surface area contributed by atoms with Gasteiger partial charge in [0, 0.05) is 0 Å². The second kappa shape index (κ2) is 4.32. The van der Waals surface area contributed by atoms with Gasteiger partial charge in [-0.2, -0.15) is 0 Å². The number of ketones is 1. The quantitative estimate of drug-likeness (QED) is 0.801. The van der Waals surface area contributed by atoms with Gasteiger partial charge >= 0.3 is 6.09 Å². The Morgan fingerprint density at radius 1 is 1.60 bits per heavy atom. The second-order valence-corrected chi connectivity index (χ2v) is 5.53. The molecule has 0 unspecified atom stereocenters. The van der Waals surface area contributed by atoms with Crippen LogP contribution in [0.15, 0.2) is 15.9 Å². The standard InChI is InChI=1S/C9H8BrNO3S/c10-8-2-1-7(15-8)6(12)5-11-3-4-14-9(11)13/h1-2H,3-5H2. The smallest absolute Gasteiger partial charge is 0.410 e. The molecule has 0 radical (unpaired) electrons. The van der Waals surface area contributed by atoms with Gasteiger partial charge in [0.2, 0.25) is 0 Å². The first-order valence-electron chi connectivity index (χ1n) is 4.37. The number of thiophene rings is 1. The highest BCUT2D eigenvalue weighted by molar-refractivity contribution is 9.11. The van der Waals surface area contributed by atoms with E-state index in [0.717, 1.165) is 3.79 Å². The van der Waals surface area contributed by atoms with Crippen molar-refractivity contribution in [3.63, 3.8) is 0 Å². The van der Waals surface area contributed by atoms with E-state index < -0.39 is 6.09 Å². The summed E-state index contributed by atoms with van der Waals surface area (Å²) in [5, 5.41) is 0. The maximum absolute atomic E-state index is 11.7. The molecule has 0 aliphatic carbocycles. The zero-order valence-electron chi connectivity index (χ0n) is 7.73. The first-order chi connectivity index (χ1) is 7.16. The summed E-state index contributed by atoms with van der Waals surface area (Å²) in [6.45, 7) is 0.975. The zero-order chi connectivity index (χ0) is 10.8. The Morgan fingerprint density at radius 2 is 2.40 bits per heavy atom. The summed E-state index contributed by atoms with van der Waals surface area (Å²) in [5.74, 6) is -0.0513. The number of cyclic esters (lactones) is 1. The van der Waals surface area contributed by atoms with E-state index in [-0.39, 0.29) is 12.3 Å². The van der Waals surface area contributed by atoms with Gasteiger partial charge in [0.1, 0.15) is 6.61 Å². The zero-order valence-corrected chi connectivity index (χ0v) is 10.1. The lowest BCUT2D eigenvalue weighted by Gasteiger charge is -2.09.